The lowest BCUT2D eigenvalue weighted by molar-refractivity contribution is 0.108. The third-order valence-electron chi connectivity index (χ3n) is 3.99. The van der Waals surface area contributed by atoms with E-state index in [0.717, 1.165) is 38.0 Å². The zero-order valence-corrected chi connectivity index (χ0v) is 14.1. The summed E-state index contributed by atoms with van der Waals surface area (Å²) in [6, 6.07) is 8.48. The highest BCUT2D eigenvalue weighted by Gasteiger charge is 2.25. The number of thioether (sulfide) groups is 1. The Morgan fingerprint density at radius 2 is 2.14 bits per heavy atom. The molecule has 1 aromatic carbocycles. The summed E-state index contributed by atoms with van der Waals surface area (Å²) in [7, 11) is 0. The first-order valence-corrected chi connectivity index (χ1v) is 9.04. The monoisotopic (exact) mass is 322 g/mol. The van der Waals surface area contributed by atoms with E-state index in [2.05, 4.69) is 36.5 Å². The molecule has 0 radical (unpaired) electrons. The number of carbonyl (C=O) groups excluding carboxylic acids is 1. The van der Waals surface area contributed by atoms with Crippen LogP contribution in [0.3, 0.4) is 0 Å². The number of urea groups is 1. The molecule has 1 aliphatic rings. The van der Waals surface area contributed by atoms with Crippen LogP contribution in [0.4, 0.5) is 4.79 Å². The van der Waals surface area contributed by atoms with Gasteiger partial charge in [0.2, 0.25) is 0 Å². The highest BCUT2D eigenvalue weighted by Crippen LogP contribution is 2.19. The normalized spacial score (nSPS) is 18.3. The van der Waals surface area contributed by atoms with Gasteiger partial charge in [0.1, 0.15) is 0 Å². The van der Waals surface area contributed by atoms with Crippen molar-refractivity contribution in [3.63, 3.8) is 0 Å². The van der Waals surface area contributed by atoms with E-state index in [1.807, 2.05) is 11.8 Å². The summed E-state index contributed by atoms with van der Waals surface area (Å²) in [6.45, 7) is 3.60. The molecule has 0 unspecified atom stereocenters. The Balaban J connectivity index is 1.63. The molecular formula is C17H26N2O2S. The van der Waals surface area contributed by atoms with Gasteiger partial charge in [-0.3, -0.25) is 0 Å². The number of aryl methyl sites for hydroxylation is 1. The summed E-state index contributed by atoms with van der Waals surface area (Å²) in [5, 5.41) is 12.3. The number of nitrogens with one attached hydrogen (secondary N) is 1. The van der Waals surface area contributed by atoms with Crippen molar-refractivity contribution in [2.45, 2.75) is 43.5 Å². The van der Waals surface area contributed by atoms with Crippen LogP contribution in [0.15, 0.2) is 29.2 Å². The van der Waals surface area contributed by atoms with Gasteiger partial charge in [-0.15, -0.1) is 11.8 Å². The molecule has 2 N–H and O–H groups in total. The average molecular weight is 322 g/mol. The molecular weight excluding hydrogens is 296 g/mol. The molecule has 1 heterocycles. The third-order valence-corrected chi connectivity index (χ3v) is 5.08. The van der Waals surface area contributed by atoms with Gasteiger partial charge >= 0.3 is 6.03 Å². The fourth-order valence-corrected chi connectivity index (χ4v) is 3.50. The zero-order chi connectivity index (χ0) is 15.8. The molecule has 1 aromatic rings. The number of piperidine rings is 1. The quantitative estimate of drug-likeness (QED) is 0.625. The number of benzene rings is 1. The van der Waals surface area contributed by atoms with Crippen LogP contribution in [0.25, 0.3) is 0 Å². The van der Waals surface area contributed by atoms with Crippen molar-refractivity contribution in [3.8, 4) is 0 Å². The highest BCUT2D eigenvalue weighted by atomic mass is 32.2. The molecule has 2 rings (SSSR count). The second-order valence-electron chi connectivity index (χ2n) is 5.77. The second kappa shape index (κ2) is 9.06. The van der Waals surface area contributed by atoms with E-state index in [1.54, 1.807) is 4.90 Å². The van der Waals surface area contributed by atoms with Crippen LogP contribution in [-0.2, 0) is 0 Å². The number of hydrogen-bond acceptors (Lipinski definition) is 3. The van der Waals surface area contributed by atoms with Crippen molar-refractivity contribution in [2.24, 2.45) is 0 Å². The minimum atomic E-state index is -0.0286. The smallest absolute Gasteiger partial charge is 0.317 e. The van der Waals surface area contributed by atoms with Gasteiger partial charge in [-0.05, 0) is 50.5 Å². The predicted molar refractivity (Wildman–Crippen MR) is 91.3 cm³/mol. The summed E-state index contributed by atoms with van der Waals surface area (Å²) in [5.74, 6) is 0.993. The molecule has 1 atom stereocenters. The maximum absolute atomic E-state index is 12.1. The number of amides is 2. The van der Waals surface area contributed by atoms with Crippen LogP contribution in [-0.4, -0.2) is 47.5 Å². The third kappa shape index (κ3) is 5.21. The van der Waals surface area contributed by atoms with E-state index in [0.29, 0.717) is 6.54 Å². The maximum Gasteiger partial charge on any atom is 0.317 e. The van der Waals surface area contributed by atoms with Crippen LogP contribution < -0.4 is 5.32 Å². The summed E-state index contributed by atoms with van der Waals surface area (Å²) in [5.41, 5.74) is 1.27. The minimum Gasteiger partial charge on any atom is -0.394 e. The number of nitrogens with zero attached hydrogens (tertiary/aromatic N) is 1. The second-order valence-corrected chi connectivity index (χ2v) is 6.94. The molecule has 0 spiro atoms. The van der Waals surface area contributed by atoms with E-state index in [1.165, 1.54) is 10.5 Å². The van der Waals surface area contributed by atoms with Crippen LogP contribution in [0.5, 0.6) is 0 Å². The number of hydrogen-bond donors (Lipinski definition) is 2. The van der Waals surface area contributed by atoms with E-state index >= 15 is 0 Å². The Hall–Kier alpha value is -1.20. The summed E-state index contributed by atoms with van der Waals surface area (Å²) in [6.07, 6.45) is 3.99. The summed E-state index contributed by atoms with van der Waals surface area (Å²) in [4.78, 5) is 15.2. The molecule has 22 heavy (non-hydrogen) atoms. The molecule has 0 aliphatic carbocycles. The van der Waals surface area contributed by atoms with Crippen molar-refractivity contribution >= 4 is 17.8 Å². The Labute approximate surface area is 137 Å². The number of rotatable bonds is 6. The van der Waals surface area contributed by atoms with E-state index in [-0.39, 0.29) is 18.7 Å². The van der Waals surface area contributed by atoms with Crippen molar-refractivity contribution in [2.75, 3.05) is 25.4 Å². The van der Waals surface area contributed by atoms with Gasteiger partial charge in [0.05, 0.1) is 12.6 Å². The topological polar surface area (TPSA) is 52.6 Å². The van der Waals surface area contributed by atoms with Crippen LogP contribution >= 0.6 is 11.8 Å². The van der Waals surface area contributed by atoms with Crippen molar-refractivity contribution in [1.29, 1.82) is 0 Å². The number of carbonyl (C=O) groups is 1. The molecule has 5 heteroatoms. The van der Waals surface area contributed by atoms with Crippen molar-refractivity contribution in [1.82, 2.24) is 10.2 Å². The fraction of sp³-hybridized carbons (Fsp3) is 0.588. The van der Waals surface area contributed by atoms with Crippen molar-refractivity contribution < 1.29 is 9.90 Å². The molecule has 0 saturated carbocycles. The first-order valence-electron chi connectivity index (χ1n) is 8.05. The molecule has 0 aromatic heterocycles. The van der Waals surface area contributed by atoms with Gasteiger partial charge in [-0.25, -0.2) is 4.79 Å². The first-order chi connectivity index (χ1) is 10.7. The Bertz CT molecular complexity index is 464. The fourth-order valence-electron chi connectivity index (χ4n) is 2.65. The average Bonchev–Trinajstić information content (AvgIpc) is 2.56. The molecule has 0 bridgehead atoms. The van der Waals surface area contributed by atoms with Gasteiger partial charge in [0, 0.05) is 18.0 Å². The molecule has 1 saturated heterocycles. The molecule has 2 amide bonds. The molecule has 1 fully saturated rings. The van der Waals surface area contributed by atoms with Crippen LogP contribution in [0, 0.1) is 6.92 Å². The van der Waals surface area contributed by atoms with Gasteiger partial charge < -0.3 is 15.3 Å². The molecule has 122 valence electrons. The van der Waals surface area contributed by atoms with E-state index in [4.69, 9.17) is 0 Å². The number of likely N-dealkylation sites (tertiary alicyclic amines) is 1. The predicted octanol–water partition coefficient (Wildman–Crippen LogP) is 3.03. The Kier molecular flexibility index (Phi) is 7.06. The van der Waals surface area contributed by atoms with E-state index in [9.17, 15) is 9.90 Å². The standard InChI is InChI=1S/C17H26N2O2S/c1-14-6-8-16(9-7-14)22-12-4-10-18-17(21)19-11-3-2-5-15(19)13-20/h6-9,15,20H,2-5,10-13H2,1H3,(H,18,21)/t15-/m0/s1. The van der Waals surface area contributed by atoms with Crippen LogP contribution in [0.1, 0.15) is 31.2 Å². The lowest BCUT2D eigenvalue weighted by atomic mass is 10.0. The number of aliphatic hydroxyl groups is 1. The lowest BCUT2D eigenvalue weighted by Gasteiger charge is -2.34. The zero-order valence-electron chi connectivity index (χ0n) is 13.3. The van der Waals surface area contributed by atoms with Gasteiger partial charge in [0.15, 0.2) is 0 Å². The molecule has 4 nitrogen and oxygen atoms in total. The Morgan fingerprint density at radius 3 is 2.86 bits per heavy atom. The summed E-state index contributed by atoms with van der Waals surface area (Å²) >= 11 is 1.82. The van der Waals surface area contributed by atoms with E-state index < -0.39 is 0 Å². The summed E-state index contributed by atoms with van der Waals surface area (Å²) < 4.78 is 0. The first kappa shape index (κ1) is 17.2. The van der Waals surface area contributed by atoms with Gasteiger partial charge in [-0.2, -0.15) is 0 Å². The van der Waals surface area contributed by atoms with Crippen molar-refractivity contribution in [3.05, 3.63) is 29.8 Å². The van der Waals surface area contributed by atoms with Gasteiger partial charge in [0.25, 0.3) is 0 Å². The maximum atomic E-state index is 12.1. The number of aliphatic hydroxyl groups excluding tert-OH is 1. The minimum absolute atomic E-state index is 0.00400. The lowest BCUT2D eigenvalue weighted by Crippen LogP contribution is -2.50. The highest BCUT2D eigenvalue weighted by molar-refractivity contribution is 7.99. The van der Waals surface area contributed by atoms with Crippen LogP contribution in [0.2, 0.25) is 0 Å². The van der Waals surface area contributed by atoms with Gasteiger partial charge in [-0.1, -0.05) is 17.7 Å². The SMILES string of the molecule is Cc1ccc(SCCCNC(=O)N2CCCC[C@H]2CO)cc1. The largest absolute Gasteiger partial charge is 0.394 e. The Morgan fingerprint density at radius 1 is 1.36 bits per heavy atom. The molecule has 1 aliphatic heterocycles.